The first-order valence-electron chi connectivity index (χ1n) is 8.97. The molecule has 3 nitrogen and oxygen atoms in total. The Morgan fingerprint density at radius 3 is 1.08 bits per heavy atom. The zero-order chi connectivity index (χ0) is 20.0. The second-order valence-electron chi connectivity index (χ2n) is 7.30. The minimum Gasteiger partial charge on any atom is 4.00 e. The molecule has 0 aliphatic heterocycles. The summed E-state index contributed by atoms with van der Waals surface area (Å²) in [5, 5.41) is 0. The molecule has 25 heavy (non-hydrogen) atoms. The summed E-state index contributed by atoms with van der Waals surface area (Å²) < 4.78 is 0. The molecule has 0 unspecified atom stereocenters. The second kappa shape index (κ2) is 32.5. The van der Waals surface area contributed by atoms with Crippen molar-refractivity contribution in [2.45, 2.75) is 65.2 Å². The van der Waals surface area contributed by atoms with Crippen molar-refractivity contribution in [1.82, 2.24) is 0 Å². The van der Waals surface area contributed by atoms with Gasteiger partial charge in [0.05, 0.1) is 0 Å². The summed E-state index contributed by atoms with van der Waals surface area (Å²) in [4.78, 5) is 0. The van der Waals surface area contributed by atoms with E-state index in [0.717, 1.165) is 6.42 Å². The first kappa shape index (κ1) is 36.7. The molecule has 0 spiro atoms. The van der Waals surface area contributed by atoms with E-state index in [9.17, 15) is 0 Å². The molecule has 3 N–H and O–H groups in total. The Kier molecular flexibility index (Phi) is 47.6. The first-order chi connectivity index (χ1) is 11.0. The average Bonchev–Trinajstić information content (AvgIpc) is 3.07. The van der Waals surface area contributed by atoms with Crippen LogP contribution < -0.4 is 0 Å². The molecule has 1 aliphatic carbocycles. The molecule has 0 amide bonds. The number of rotatable bonds is 3. The van der Waals surface area contributed by atoms with Crippen LogP contribution in [0.25, 0.3) is 17.2 Å². The fraction of sp³-hybridized carbons (Fsp3) is 0.800. The molecule has 0 bridgehead atoms. The zero-order valence-electron chi connectivity index (χ0n) is 18.3. The van der Waals surface area contributed by atoms with Crippen LogP contribution in [0.5, 0.6) is 0 Å². The normalized spacial score (nSPS) is 10.7. The Morgan fingerprint density at radius 1 is 0.800 bits per heavy atom. The van der Waals surface area contributed by atoms with Gasteiger partial charge in [-0.25, -0.2) is 12.2 Å². The largest absolute Gasteiger partial charge is 4.00 e. The predicted octanol–water partition coefficient (Wildman–Crippen LogP) is 7.76. The average molecular weight is 490 g/mol. The summed E-state index contributed by atoms with van der Waals surface area (Å²) in [6.07, 6.45) is 10.0. The van der Waals surface area contributed by atoms with Crippen molar-refractivity contribution in [2.24, 2.45) is 17.8 Å². The van der Waals surface area contributed by atoms with E-state index < -0.39 is 0 Å². The topological polar surface area (TPSA) is 71.4 Å². The number of allylic oxidation sites excluding steroid dienone is 4. The van der Waals surface area contributed by atoms with Crippen LogP contribution in [0.15, 0.2) is 18.2 Å². The quantitative estimate of drug-likeness (QED) is 0.287. The fourth-order valence-electron chi connectivity index (χ4n) is 0.340. The van der Waals surface area contributed by atoms with Crippen molar-refractivity contribution >= 4 is 14.3 Å². The molecule has 0 aromatic rings. The van der Waals surface area contributed by atoms with Crippen LogP contribution in [0, 0.1) is 23.8 Å². The summed E-state index contributed by atoms with van der Waals surface area (Å²) >= 11 is -0.333. The molecule has 0 heterocycles. The van der Waals surface area contributed by atoms with Gasteiger partial charge >= 0.3 is 57.8 Å². The van der Waals surface area contributed by atoms with Crippen LogP contribution in [-0.2, 0) is 26.2 Å². The van der Waals surface area contributed by atoms with E-state index in [-0.39, 0.29) is 40.6 Å². The molecule has 0 saturated heterocycles. The maximum absolute atomic E-state index is 6.66. The molecule has 0 atom stereocenters. The van der Waals surface area contributed by atoms with E-state index in [1.54, 1.807) is 0 Å². The Balaban J connectivity index is -0.0000000662. The molecule has 1 radical (unpaired) electrons. The third-order valence-electron chi connectivity index (χ3n) is 1.81. The van der Waals surface area contributed by atoms with E-state index in [1.165, 1.54) is 0 Å². The van der Waals surface area contributed by atoms with Gasteiger partial charge in [-0.1, -0.05) is 59.3 Å². The van der Waals surface area contributed by atoms with Crippen molar-refractivity contribution in [1.29, 1.82) is 0 Å². The molecule has 1 aliphatic rings. The first-order valence-corrected chi connectivity index (χ1v) is 15.3. The van der Waals surface area contributed by atoms with Crippen LogP contribution in [0.4, 0.5) is 0 Å². The maximum atomic E-state index is 6.66. The monoisotopic (exact) mass is 490 g/mol. The molecule has 147 valence electrons. The smallest absolute Gasteiger partial charge is 4.00 e. The van der Waals surface area contributed by atoms with Gasteiger partial charge in [0.25, 0.3) is 0 Å². The van der Waals surface area contributed by atoms with Gasteiger partial charge in [-0.05, 0) is 0 Å². The Morgan fingerprint density at radius 2 is 1.04 bits per heavy atom. The summed E-state index contributed by atoms with van der Waals surface area (Å²) in [5.74, 6) is 8.65. The van der Waals surface area contributed by atoms with Crippen molar-refractivity contribution in [3.63, 3.8) is 0 Å². The minimum atomic E-state index is -0.333. The predicted molar refractivity (Wildman–Crippen MR) is 117 cm³/mol. The van der Waals surface area contributed by atoms with E-state index in [1.807, 2.05) is 53.7 Å². The van der Waals surface area contributed by atoms with Gasteiger partial charge in [0.15, 0.2) is 0 Å². The Labute approximate surface area is 183 Å². The van der Waals surface area contributed by atoms with E-state index >= 15 is 0 Å². The molecule has 1 rings (SSSR count). The van der Waals surface area contributed by atoms with Crippen LogP contribution >= 0.6 is 0 Å². The molecule has 0 fully saturated rings. The standard InChI is InChI=1S/C5H5.3C4H10N.C3H9Ge.Zr/c1-2-4-5-3-1;3*1-4(2)3-5;1-4(2)3;/h1-3H,4H2;3*4-5H,3H2,1-2H3;1-3H3;/q4*-1;;+4. The van der Waals surface area contributed by atoms with Crippen LogP contribution in [-0.4, -0.2) is 34.0 Å². The summed E-state index contributed by atoms with van der Waals surface area (Å²) in [5.41, 5.74) is 20.0. The molecule has 0 saturated carbocycles. The molecular formula is C20H44GeN3Zr. The number of hydrogen-bond acceptors (Lipinski definition) is 0. The van der Waals surface area contributed by atoms with Gasteiger partial charge < -0.3 is 17.2 Å². The Hall–Kier alpha value is 0.786. The number of nitrogens with one attached hydrogen (secondary N) is 3. The number of hydrogen-bond donors (Lipinski definition) is 0. The maximum Gasteiger partial charge on any atom is 4.00 e. The molecule has 5 heteroatoms. The van der Waals surface area contributed by atoms with Crippen molar-refractivity contribution in [3.8, 4) is 0 Å². The summed E-state index contributed by atoms with van der Waals surface area (Å²) in [7, 11) is 0. The van der Waals surface area contributed by atoms with E-state index in [2.05, 4.69) is 29.4 Å². The van der Waals surface area contributed by atoms with Gasteiger partial charge in [-0.3, -0.25) is 6.08 Å². The van der Waals surface area contributed by atoms with Gasteiger partial charge in [-0.15, -0.1) is 26.1 Å². The van der Waals surface area contributed by atoms with Crippen molar-refractivity contribution in [2.75, 3.05) is 19.6 Å². The minimum absolute atomic E-state index is 0. The van der Waals surface area contributed by atoms with Crippen LogP contribution in [0.3, 0.4) is 0 Å². The van der Waals surface area contributed by atoms with E-state index in [0.29, 0.717) is 37.4 Å². The molecular weight excluding hydrogens is 446 g/mol. The van der Waals surface area contributed by atoms with Crippen LogP contribution in [0.1, 0.15) is 48.0 Å². The third-order valence-corrected chi connectivity index (χ3v) is 1.81. The summed E-state index contributed by atoms with van der Waals surface area (Å²) in [6.45, 7) is 13.9. The van der Waals surface area contributed by atoms with Crippen molar-refractivity contribution < 1.29 is 26.2 Å². The summed E-state index contributed by atoms with van der Waals surface area (Å²) in [6, 6.07) is 0. The molecule has 0 aromatic carbocycles. The van der Waals surface area contributed by atoms with E-state index in [4.69, 9.17) is 17.2 Å². The SMILES string of the molecule is CC(C)C[NH-].CC(C)C[NH-].CC(C)C[NH-].[C-]1=CC=CC1.[CH3][Ge]([CH3])[CH3].[Zr+4]. The van der Waals surface area contributed by atoms with Gasteiger partial charge in [0, 0.05) is 0 Å². The van der Waals surface area contributed by atoms with Crippen LogP contribution in [0.2, 0.25) is 17.3 Å². The molecule has 0 aromatic heterocycles. The third kappa shape index (κ3) is 92.6. The fourth-order valence-corrected chi connectivity index (χ4v) is 0.340. The second-order valence-corrected chi connectivity index (χ2v) is 13.6. The van der Waals surface area contributed by atoms with Gasteiger partial charge in [0.1, 0.15) is 0 Å². The van der Waals surface area contributed by atoms with Gasteiger partial charge in [-0.2, -0.15) is 6.08 Å². The Bertz CT molecular complexity index is 222. The zero-order valence-corrected chi connectivity index (χ0v) is 22.8. The van der Waals surface area contributed by atoms with Crippen molar-refractivity contribution in [3.05, 3.63) is 41.5 Å². The van der Waals surface area contributed by atoms with Gasteiger partial charge in [0.2, 0.25) is 0 Å².